The molecule has 3 rings (SSSR count). The summed E-state index contributed by atoms with van der Waals surface area (Å²) in [7, 11) is 0. The van der Waals surface area contributed by atoms with Crippen molar-refractivity contribution in [3.8, 4) is 11.3 Å². The first-order valence-corrected chi connectivity index (χ1v) is 7.78. The summed E-state index contributed by atoms with van der Waals surface area (Å²) in [5.74, 6) is 2.05. The Labute approximate surface area is 154 Å². The summed E-state index contributed by atoms with van der Waals surface area (Å²) >= 11 is 0. The summed E-state index contributed by atoms with van der Waals surface area (Å²) in [5.41, 5.74) is 7.91. The largest absolute Gasteiger partial charge is 0.370 e. The maximum atomic E-state index is 6.09. The first kappa shape index (κ1) is 17.8. The van der Waals surface area contributed by atoms with Crippen molar-refractivity contribution < 1.29 is 4.52 Å². The van der Waals surface area contributed by atoms with Crippen molar-refractivity contribution in [3.63, 3.8) is 0 Å². The molecule has 5 nitrogen and oxygen atoms in total. The lowest BCUT2D eigenvalue weighted by atomic mass is 10.0. The van der Waals surface area contributed by atoms with Crippen LogP contribution < -0.4 is 5.73 Å². The number of nitrogens with zero attached hydrogens (tertiary/aromatic N) is 3. The Kier molecular flexibility index (Phi) is 6.44. The fourth-order valence-electron chi connectivity index (χ4n) is 2.78. The van der Waals surface area contributed by atoms with Crippen molar-refractivity contribution in [1.29, 1.82) is 0 Å². The zero-order chi connectivity index (χ0) is 15.4. The highest BCUT2D eigenvalue weighted by molar-refractivity contribution is 14.0. The molecule has 1 fully saturated rings. The summed E-state index contributed by atoms with van der Waals surface area (Å²) in [6.45, 7) is 4.69. The number of benzene rings is 1. The monoisotopic (exact) mass is 426 g/mol. The fourth-order valence-corrected chi connectivity index (χ4v) is 2.78. The summed E-state index contributed by atoms with van der Waals surface area (Å²) in [4.78, 5) is 6.62. The lowest BCUT2D eigenvalue weighted by Gasteiger charge is -2.31. The van der Waals surface area contributed by atoms with Crippen molar-refractivity contribution in [3.05, 3.63) is 42.1 Å². The van der Waals surface area contributed by atoms with Gasteiger partial charge in [-0.05, 0) is 18.8 Å². The van der Waals surface area contributed by atoms with E-state index in [9.17, 15) is 0 Å². The van der Waals surface area contributed by atoms with Gasteiger partial charge in [0.15, 0.2) is 11.7 Å². The maximum Gasteiger partial charge on any atom is 0.191 e. The van der Waals surface area contributed by atoms with E-state index in [1.807, 2.05) is 36.4 Å². The van der Waals surface area contributed by atoms with Crippen LogP contribution in [0, 0.1) is 5.92 Å². The molecule has 1 atom stereocenters. The van der Waals surface area contributed by atoms with Gasteiger partial charge < -0.3 is 15.2 Å². The third kappa shape index (κ3) is 4.70. The Morgan fingerprint density at radius 2 is 2.17 bits per heavy atom. The van der Waals surface area contributed by atoms with Crippen LogP contribution in [-0.2, 0) is 6.54 Å². The predicted octanol–water partition coefficient (Wildman–Crippen LogP) is 3.51. The third-order valence-corrected chi connectivity index (χ3v) is 4.00. The highest BCUT2D eigenvalue weighted by atomic mass is 127. The molecular formula is C17H23IN4O. The van der Waals surface area contributed by atoms with Crippen molar-refractivity contribution in [2.24, 2.45) is 16.6 Å². The molecule has 2 aromatic rings. The lowest BCUT2D eigenvalue weighted by molar-refractivity contribution is 0.270. The van der Waals surface area contributed by atoms with Crippen LogP contribution in [0.2, 0.25) is 0 Å². The zero-order valence-electron chi connectivity index (χ0n) is 13.3. The average Bonchev–Trinajstić information content (AvgIpc) is 3.02. The SMILES string of the molecule is CC1CCCN(C(N)=NCc2cc(-c3ccccc3)on2)C1.I. The topological polar surface area (TPSA) is 67.7 Å². The van der Waals surface area contributed by atoms with E-state index in [0.717, 1.165) is 30.1 Å². The lowest BCUT2D eigenvalue weighted by Crippen LogP contribution is -2.43. The van der Waals surface area contributed by atoms with E-state index in [4.69, 9.17) is 10.3 Å². The van der Waals surface area contributed by atoms with Crippen molar-refractivity contribution in [2.75, 3.05) is 13.1 Å². The molecule has 1 saturated heterocycles. The van der Waals surface area contributed by atoms with Gasteiger partial charge in [-0.2, -0.15) is 0 Å². The molecule has 0 spiro atoms. The van der Waals surface area contributed by atoms with E-state index in [2.05, 4.69) is 22.0 Å². The number of nitrogens with two attached hydrogens (primary N) is 1. The van der Waals surface area contributed by atoms with Crippen molar-refractivity contribution >= 4 is 29.9 Å². The highest BCUT2D eigenvalue weighted by Gasteiger charge is 2.17. The van der Waals surface area contributed by atoms with E-state index in [1.165, 1.54) is 12.8 Å². The summed E-state index contributed by atoms with van der Waals surface area (Å²) < 4.78 is 5.37. The number of guanidine groups is 1. The predicted molar refractivity (Wildman–Crippen MR) is 103 cm³/mol. The maximum absolute atomic E-state index is 6.09. The molecule has 0 radical (unpaired) electrons. The summed E-state index contributed by atoms with van der Waals surface area (Å²) in [6, 6.07) is 11.8. The molecule has 0 saturated carbocycles. The molecular weight excluding hydrogens is 403 g/mol. The molecule has 1 aliphatic rings. The molecule has 1 aromatic carbocycles. The third-order valence-electron chi connectivity index (χ3n) is 4.00. The van der Waals surface area contributed by atoms with Crippen LogP contribution in [0.3, 0.4) is 0 Å². The van der Waals surface area contributed by atoms with Crippen LogP contribution >= 0.6 is 24.0 Å². The van der Waals surface area contributed by atoms with E-state index in [-0.39, 0.29) is 24.0 Å². The van der Waals surface area contributed by atoms with E-state index in [1.54, 1.807) is 0 Å². The van der Waals surface area contributed by atoms with Gasteiger partial charge in [-0.15, -0.1) is 24.0 Å². The molecule has 124 valence electrons. The number of aliphatic imine (C=N–C) groups is 1. The standard InChI is InChI=1S/C17H22N4O.HI/c1-13-6-5-9-21(12-13)17(18)19-11-15-10-16(22-20-15)14-7-3-2-4-8-14;/h2-4,7-8,10,13H,5-6,9,11-12H2,1H3,(H2,18,19);1H. The van der Waals surface area contributed by atoms with Crippen LogP contribution in [-0.4, -0.2) is 29.1 Å². The molecule has 2 N–H and O–H groups in total. The van der Waals surface area contributed by atoms with Gasteiger partial charge in [-0.3, -0.25) is 0 Å². The molecule has 23 heavy (non-hydrogen) atoms. The van der Waals surface area contributed by atoms with Gasteiger partial charge in [-0.25, -0.2) is 4.99 Å². The normalized spacial score (nSPS) is 18.6. The van der Waals surface area contributed by atoms with Crippen LogP contribution in [0.5, 0.6) is 0 Å². The Morgan fingerprint density at radius 1 is 1.39 bits per heavy atom. The van der Waals surface area contributed by atoms with Crippen molar-refractivity contribution in [2.45, 2.75) is 26.3 Å². The second-order valence-electron chi connectivity index (χ2n) is 5.92. The highest BCUT2D eigenvalue weighted by Crippen LogP contribution is 2.20. The van der Waals surface area contributed by atoms with Crippen LogP contribution in [0.15, 0.2) is 45.9 Å². The van der Waals surface area contributed by atoms with Crippen LogP contribution in [0.25, 0.3) is 11.3 Å². The molecule has 6 heteroatoms. The van der Waals surface area contributed by atoms with Crippen LogP contribution in [0.4, 0.5) is 0 Å². The number of hydrogen-bond donors (Lipinski definition) is 1. The van der Waals surface area contributed by atoms with Crippen molar-refractivity contribution in [1.82, 2.24) is 10.1 Å². The number of piperidine rings is 1. The second-order valence-corrected chi connectivity index (χ2v) is 5.92. The van der Waals surface area contributed by atoms with Gasteiger partial charge in [0.25, 0.3) is 0 Å². The zero-order valence-corrected chi connectivity index (χ0v) is 15.6. The Balaban J connectivity index is 0.00000192. The van der Waals surface area contributed by atoms with Gasteiger partial charge in [-0.1, -0.05) is 42.4 Å². The van der Waals surface area contributed by atoms with Gasteiger partial charge in [0.2, 0.25) is 0 Å². The molecule has 0 aliphatic carbocycles. The summed E-state index contributed by atoms with van der Waals surface area (Å²) in [6.07, 6.45) is 2.45. The Morgan fingerprint density at radius 3 is 2.91 bits per heavy atom. The van der Waals surface area contributed by atoms with Gasteiger partial charge >= 0.3 is 0 Å². The molecule has 0 amide bonds. The first-order valence-electron chi connectivity index (χ1n) is 7.78. The smallest absolute Gasteiger partial charge is 0.191 e. The van der Waals surface area contributed by atoms with E-state index < -0.39 is 0 Å². The number of likely N-dealkylation sites (tertiary alicyclic amines) is 1. The average molecular weight is 426 g/mol. The number of aromatic nitrogens is 1. The first-order chi connectivity index (χ1) is 10.7. The number of rotatable bonds is 3. The van der Waals surface area contributed by atoms with Gasteiger partial charge in [0, 0.05) is 24.7 Å². The van der Waals surface area contributed by atoms with Crippen LogP contribution in [0.1, 0.15) is 25.5 Å². The Bertz CT molecular complexity index is 641. The Hall–Kier alpha value is -1.57. The number of hydrogen-bond acceptors (Lipinski definition) is 3. The number of halogens is 1. The molecule has 1 unspecified atom stereocenters. The quantitative estimate of drug-likeness (QED) is 0.464. The van der Waals surface area contributed by atoms with Gasteiger partial charge in [0.1, 0.15) is 5.69 Å². The molecule has 1 aromatic heterocycles. The summed E-state index contributed by atoms with van der Waals surface area (Å²) in [5, 5.41) is 4.07. The minimum absolute atomic E-state index is 0. The fraction of sp³-hybridized carbons (Fsp3) is 0.412. The molecule has 2 heterocycles. The minimum Gasteiger partial charge on any atom is -0.370 e. The second kappa shape index (κ2) is 8.33. The van der Waals surface area contributed by atoms with E-state index in [0.29, 0.717) is 18.4 Å². The van der Waals surface area contributed by atoms with E-state index >= 15 is 0 Å². The van der Waals surface area contributed by atoms with Gasteiger partial charge in [0.05, 0.1) is 6.54 Å². The molecule has 0 bridgehead atoms. The molecule has 1 aliphatic heterocycles. The minimum atomic E-state index is 0.